The maximum Gasteiger partial charge on any atom is 0.261 e. The second-order valence-electron chi connectivity index (χ2n) is 7.21. The molecule has 30 heavy (non-hydrogen) atoms. The number of para-hydroxylation sites is 2. The van der Waals surface area contributed by atoms with Crippen molar-refractivity contribution in [3.63, 3.8) is 0 Å². The number of hydrogen-bond acceptors (Lipinski definition) is 4. The summed E-state index contributed by atoms with van der Waals surface area (Å²) in [4.78, 5) is 31.3. The molecule has 5 nitrogen and oxygen atoms in total. The van der Waals surface area contributed by atoms with Crippen molar-refractivity contribution >= 4 is 34.6 Å². The van der Waals surface area contributed by atoms with Gasteiger partial charge in [-0.1, -0.05) is 53.7 Å². The molecule has 0 unspecified atom stereocenters. The van der Waals surface area contributed by atoms with E-state index in [0.717, 1.165) is 21.9 Å². The summed E-state index contributed by atoms with van der Waals surface area (Å²) in [5, 5.41) is 0.844. The maximum absolute atomic E-state index is 12.6. The van der Waals surface area contributed by atoms with Crippen LogP contribution >= 0.6 is 11.8 Å². The third kappa shape index (κ3) is 3.09. The van der Waals surface area contributed by atoms with Crippen molar-refractivity contribution in [2.24, 2.45) is 0 Å². The smallest absolute Gasteiger partial charge is 0.261 e. The third-order valence-corrected chi connectivity index (χ3v) is 6.17. The molecule has 6 heteroatoms. The molecule has 0 radical (unpaired) electrons. The van der Waals surface area contributed by atoms with Gasteiger partial charge in [-0.25, -0.2) is 4.98 Å². The lowest BCUT2D eigenvalue weighted by Crippen LogP contribution is -2.31. The van der Waals surface area contributed by atoms with Gasteiger partial charge in [0.25, 0.3) is 11.8 Å². The standard InChI is InChI=1S/C24H19N3O2S/c1-16-10-12-17(13-11-16)27-21-9-5-4-8-20(21)25-24(27)30-15-14-26-22(28)18-6-2-3-7-19(18)23(26)29/h2-13H,14-15H2,1H3. The van der Waals surface area contributed by atoms with Crippen LogP contribution in [0.15, 0.2) is 78.0 Å². The van der Waals surface area contributed by atoms with Crippen molar-refractivity contribution < 1.29 is 9.59 Å². The molecule has 0 spiro atoms. The quantitative estimate of drug-likeness (QED) is 0.351. The molecule has 0 atom stereocenters. The minimum Gasteiger partial charge on any atom is -0.287 e. The topological polar surface area (TPSA) is 55.2 Å². The number of aromatic nitrogens is 2. The van der Waals surface area contributed by atoms with Crippen LogP contribution in [0.5, 0.6) is 0 Å². The van der Waals surface area contributed by atoms with Gasteiger partial charge < -0.3 is 0 Å². The largest absolute Gasteiger partial charge is 0.287 e. The zero-order chi connectivity index (χ0) is 20.7. The first-order valence-corrected chi connectivity index (χ1v) is 10.7. The van der Waals surface area contributed by atoms with Crippen molar-refractivity contribution in [1.29, 1.82) is 0 Å². The fourth-order valence-corrected chi connectivity index (χ4v) is 4.67. The zero-order valence-corrected chi connectivity index (χ0v) is 17.2. The maximum atomic E-state index is 12.6. The number of rotatable bonds is 5. The Morgan fingerprint density at radius 1 is 0.833 bits per heavy atom. The molecule has 1 aromatic heterocycles. The molecule has 0 saturated heterocycles. The van der Waals surface area contributed by atoms with Gasteiger partial charge in [-0.05, 0) is 43.3 Å². The molecule has 148 valence electrons. The molecular weight excluding hydrogens is 394 g/mol. The summed E-state index contributed by atoms with van der Waals surface area (Å²) in [5.41, 5.74) is 5.16. The third-order valence-electron chi connectivity index (χ3n) is 5.25. The van der Waals surface area contributed by atoms with Crippen molar-refractivity contribution in [2.75, 3.05) is 12.3 Å². The number of amides is 2. The van der Waals surface area contributed by atoms with Crippen molar-refractivity contribution in [3.8, 4) is 5.69 Å². The van der Waals surface area contributed by atoms with Crippen LogP contribution in [-0.2, 0) is 0 Å². The number of carbonyl (C=O) groups is 2. The van der Waals surface area contributed by atoms with Gasteiger partial charge in [-0.15, -0.1) is 0 Å². The van der Waals surface area contributed by atoms with Crippen LogP contribution in [0.1, 0.15) is 26.3 Å². The van der Waals surface area contributed by atoms with E-state index in [9.17, 15) is 9.59 Å². The summed E-state index contributed by atoms with van der Waals surface area (Å²) in [7, 11) is 0. The number of hydrogen-bond donors (Lipinski definition) is 0. The number of benzene rings is 3. The van der Waals surface area contributed by atoms with Crippen LogP contribution in [0.2, 0.25) is 0 Å². The number of thioether (sulfide) groups is 1. The van der Waals surface area contributed by atoms with Crippen LogP contribution < -0.4 is 0 Å². The van der Waals surface area contributed by atoms with Gasteiger partial charge in [0, 0.05) is 18.0 Å². The van der Waals surface area contributed by atoms with Gasteiger partial charge >= 0.3 is 0 Å². The van der Waals surface area contributed by atoms with Gasteiger partial charge in [0.05, 0.1) is 22.2 Å². The van der Waals surface area contributed by atoms with Crippen molar-refractivity contribution in [2.45, 2.75) is 12.1 Å². The van der Waals surface area contributed by atoms with Gasteiger partial charge in [-0.2, -0.15) is 0 Å². The molecule has 5 rings (SSSR count). The van der Waals surface area contributed by atoms with Crippen LogP contribution in [0.3, 0.4) is 0 Å². The molecule has 2 heterocycles. The Bertz CT molecular complexity index is 1240. The van der Waals surface area contributed by atoms with E-state index >= 15 is 0 Å². The van der Waals surface area contributed by atoms with E-state index in [1.807, 2.05) is 18.2 Å². The van der Waals surface area contributed by atoms with Gasteiger partial charge in [0.15, 0.2) is 5.16 Å². The Hall–Kier alpha value is -3.38. The minimum absolute atomic E-state index is 0.219. The fraction of sp³-hybridized carbons (Fsp3) is 0.125. The van der Waals surface area contributed by atoms with E-state index in [2.05, 4.69) is 41.8 Å². The Kier molecular flexibility index (Phi) is 4.64. The van der Waals surface area contributed by atoms with Crippen LogP contribution in [0.4, 0.5) is 0 Å². The summed E-state index contributed by atoms with van der Waals surface area (Å²) in [6, 6.07) is 23.3. The Morgan fingerprint density at radius 3 is 2.17 bits per heavy atom. The predicted molar refractivity (Wildman–Crippen MR) is 118 cm³/mol. The monoisotopic (exact) mass is 413 g/mol. The normalized spacial score (nSPS) is 13.3. The number of carbonyl (C=O) groups excluding carboxylic acids is 2. The van der Waals surface area contributed by atoms with Crippen LogP contribution in [0, 0.1) is 6.92 Å². The highest BCUT2D eigenvalue weighted by Crippen LogP contribution is 2.29. The van der Waals surface area contributed by atoms with Gasteiger partial charge in [-0.3, -0.25) is 19.1 Å². The van der Waals surface area contributed by atoms with E-state index in [1.165, 1.54) is 10.5 Å². The molecule has 4 aromatic rings. The summed E-state index contributed by atoms with van der Waals surface area (Å²) >= 11 is 1.55. The van der Waals surface area contributed by atoms with Crippen molar-refractivity contribution in [1.82, 2.24) is 14.5 Å². The van der Waals surface area contributed by atoms with Crippen LogP contribution in [0.25, 0.3) is 16.7 Å². The van der Waals surface area contributed by atoms with E-state index in [1.54, 1.807) is 36.0 Å². The summed E-state index contributed by atoms with van der Waals surface area (Å²) in [5.74, 6) is 0.132. The highest BCUT2D eigenvalue weighted by atomic mass is 32.2. The Labute approximate surface area is 178 Å². The minimum atomic E-state index is -0.219. The average molecular weight is 414 g/mol. The first-order chi connectivity index (χ1) is 14.6. The SMILES string of the molecule is Cc1ccc(-n2c(SCCN3C(=O)c4ccccc4C3=O)nc3ccccc32)cc1. The molecule has 0 saturated carbocycles. The summed E-state index contributed by atoms with van der Waals surface area (Å²) in [6.45, 7) is 2.40. The predicted octanol–water partition coefficient (Wildman–Crippen LogP) is 4.72. The molecule has 2 amide bonds. The molecule has 1 aliphatic rings. The molecule has 0 bridgehead atoms. The molecule has 0 N–H and O–H groups in total. The lowest BCUT2D eigenvalue weighted by molar-refractivity contribution is 0.0664. The lowest BCUT2D eigenvalue weighted by atomic mass is 10.1. The highest BCUT2D eigenvalue weighted by Gasteiger charge is 2.34. The first kappa shape index (κ1) is 18.6. The van der Waals surface area contributed by atoms with E-state index in [4.69, 9.17) is 4.98 Å². The molecular formula is C24H19N3O2S. The molecule has 3 aromatic carbocycles. The molecule has 1 aliphatic heterocycles. The second kappa shape index (κ2) is 7.46. The van der Waals surface area contributed by atoms with Crippen molar-refractivity contribution in [3.05, 3.63) is 89.5 Å². The zero-order valence-electron chi connectivity index (χ0n) is 16.4. The number of aryl methyl sites for hydroxylation is 1. The second-order valence-corrected chi connectivity index (χ2v) is 8.27. The Balaban J connectivity index is 1.40. The Morgan fingerprint density at radius 2 is 1.47 bits per heavy atom. The van der Waals surface area contributed by atoms with E-state index < -0.39 is 0 Å². The average Bonchev–Trinajstić information content (AvgIpc) is 3.25. The van der Waals surface area contributed by atoms with Gasteiger partial charge in [0.2, 0.25) is 0 Å². The summed E-state index contributed by atoms with van der Waals surface area (Å²) < 4.78 is 2.13. The van der Waals surface area contributed by atoms with Gasteiger partial charge in [0.1, 0.15) is 0 Å². The fourth-order valence-electron chi connectivity index (χ4n) is 3.71. The summed E-state index contributed by atoms with van der Waals surface area (Å²) in [6.07, 6.45) is 0. The van der Waals surface area contributed by atoms with Crippen LogP contribution in [-0.4, -0.2) is 38.6 Å². The highest BCUT2D eigenvalue weighted by molar-refractivity contribution is 7.99. The number of imidazole rings is 1. The molecule has 0 aliphatic carbocycles. The van der Waals surface area contributed by atoms with E-state index in [0.29, 0.717) is 23.4 Å². The number of fused-ring (bicyclic) bond motifs is 2. The number of nitrogens with zero attached hydrogens (tertiary/aromatic N) is 3. The first-order valence-electron chi connectivity index (χ1n) is 9.76. The number of imide groups is 1. The van der Waals surface area contributed by atoms with E-state index in [-0.39, 0.29) is 11.8 Å². The molecule has 0 fully saturated rings. The lowest BCUT2D eigenvalue weighted by Gasteiger charge is -2.14.